The molecule has 2 aliphatic heterocycles. The fourth-order valence-corrected chi connectivity index (χ4v) is 3.68. The van der Waals surface area contributed by atoms with Crippen molar-refractivity contribution in [1.29, 1.82) is 0 Å². The summed E-state index contributed by atoms with van der Waals surface area (Å²) in [6, 6.07) is 0.503. The molecule has 160 valence electrons. The van der Waals surface area contributed by atoms with Gasteiger partial charge in [0.25, 0.3) is 0 Å². The lowest BCUT2D eigenvalue weighted by atomic mass is 9.99. The molecule has 2 N–H and O–H groups in total. The summed E-state index contributed by atoms with van der Waals surface area (Å²) >= 11 is 0. The molecular weight excluding hydrogens is 455 g/mol. The number of halogens is 1. The molecule has 0 aliphatic carbocycles. The third-order valence-electron chi connectivity index (χ3n) is 5.26. The lowest BCUT2D eigenvalue weighted by Crippen LogP contribution is -2.43. The molecule has 3 atom stereocenters. The first-order valence-corrected chi connectivity index (χ1v) is 10.6. The van der Waals surface area contributed by atoms with Crippen LogP contribution in [0.1, 0.15) is 52.9 Å². The van der Waals surface area contributed by atoms with Crippen LogP contribution in [0.15, 0.2) is 4.99 Å². The van der Waals surface area contributed by atoms with Crippen molar-refractivity contribution in [2.75, 3.05) is 52.5 Å². The highest BCUT2D eigenvalue weighted by molar-refractivity contribution is 14.0. The van der Waals surface area contributed by atoms with Crippen LogP contribution in [0.3, 0.4) is 0 Å². The molecular formula is C20H41IN4O2. The van der Waals surface area contributed by atoms with Crippen molar-refractivity contribution in [3.05, 3.63) is 0 Å². The van der Waals surface area contributed by atoms with Gasteiger partial charge >= 0.3 is 0 Å². The molecule has 2 heterocycles. The number of rotatable bonds is 10. The van der Waals surface area contributed by atoms with E-state index in [1.807, 2.05) is 0 Å². The van der Waals surface area contributed by atoms with Gasteiger partial charge in [-0.2, -0.15) is 0 Å². The Labute approximate surface area is 183 Å². The van der Waals surface area contributed by atoms with Crippen molar-refractivity contribution in [3.8, 4) is 0 Å². The van der Waals surface area contributed by atoms with E-state index in [0.29, 0.717) is 12.1 Å². The van der Waals surface area contributed by atoms with Gasteiger partial charge in [0.15, 0.2) is 5.96 Å². The number of ether oxygens (including phenoxy) is 2. The first-order chi connectivity index (χ1) is 12.7. The highest BCUT2D eigenvalue weighted by Gasteiger charge is 2.20. The van der Waals surface area contributed by atoms with Crippen molar-refractivity contribution >= 4 is 29.9 Å². The van der Waals surface area contributed by atoms with E-state index in [2.05, 4.69) is 36.3 Å². The fraction of sp³-hybridized carbons (Fsp3) is 0.950. The predicted molar refractivity (Wildman–Crippen MR) is 123 cm³/mol. The van der Waals surface area contributed by atoms with E-state index in [9.17, 15) is 0 Å². The summed E-state index contributed by atoms with van der Waals surface area (Å²) in [5.41, 5.74) is 0. The second-order valence-electron chi connectivity index (χ2n) is 7.80. The summed E-state index contributed by atoms with van der Waals surface area (Å²) in [4.78, 5) is 7.37. The minimum Gasteiger partial charge on any atom is -0.379 e. The SMILES string of the molecule is CCNC(=NCC(C)N1CCCC(C)C1)NCCCOCC1CCCO1.I. The van der Waals surface area contributed by atoms with Crippen LogP contribution in [0.2, 0.25) is 0 Å². The summed E-state index contributed by atoms with van der Waals surface area (Å²) in [6.45, 7) is 14.2. The zero-order chi connectivity index (χ0) is 18.6. The second-order valence-corrected chi connectivity index (χ2v) is 7.80. The number of aliphatic imine (C=N–C) groups is 1. The van der Waals surface area contributed by atoms with Crippen LogP contribution < -0.4 is 10.6 Å². The molecule has 27 heavy (non-hydrogen) atoms. The Morgan fingerprint density at radius 1 is 1.30 bits per heavy atom. The number of guanidine groups is 1. The molecule has 3 unspecified atom stereocenters. The zero-order valence-electron chi connectivity index (χ0n) is 17.5. The molecule has 0 amide bonds. The Balaban J connectivity index is 0.00000364. The van der Waals surface area contributed by atoms with Crippen molar-refractivity contribution in [2.24, 2.45) is 10.9 Å². The quantitative estimate of drug-likeness (QED) is 0.211. The van der Waals surface area contributed by atoms with E-state index in [-0.39, 0.29) is 24.0 Å². The van der Waals surface area contributed by atoms with Crippen molar-refractivity contribution < 1.29 is 9.47 Å². The van der Waals surface area contributed by atoms with Crippen LogP contribution in [0, 0.1) is 5.92 Å². The first-order valence-electron chi connectivity index (χ1n) is 10.6. The average molecular weight is 496 g/mol. The predicted octanol–water partition coefficient (Wildman–Crippen LogP) is 2.87. The van der Waals surface area contributed by atoms with Gasteiger partial charge in [-0.05, 0) is 58.4 Å². The lowest BCUT2D eigenvalue weighted by molar-refractivity contribution is 0.0168. The van der Waals surface area contributed by atoms with Crippen LogP contribution in [0.25, 0.3) is 0 Å². The van der Waals surface area contributed by atoms with Crippen LogP contribution in [0.5, 0.6) is 0 Å². The maximum Gasteiger partial charge on any atom is 0.191 e. The van der Waals surface area contributed by atoms with Crippen molar-refractivity contribution in [3.63, 3.8) is 0 Å². The van der Waals surface area contributed by atoms with Crippen LogP contribution in [-0.4, -0.2) is 75.5 Å². The van der Waals surface area contributed by atoms with Crippen LogP contribution in [-0.2, 0) is 9.47 Å². The van der Waals surface area contributed by atoms with Gasteiger partial charge in [-0.3, -0.25) is 9.89 Å². The van der Waals surface area contributed by atoms with E-state index < -0.39 is 0 Å². The molecule has 7 heteroatoms. The standard InChI is InChI=1S/C20H40N4O2.HI/c1-4-21-20(22-10-7-12-25-16-19-9-6-13-26-19)23-14-18(3)24-11-5-8-17(2)15-24;/h17-19H,4-16H2,1-3H3,(H2,21,22,23);1H. The molecule has 2 fully saturated rings. The molecule has 0 radical (unpaired) electrons. The van der Waals surface area contributed by atoms with Crippen LogP contribution in [0.4, 0.5) is 0 Å². The number of hydrogen-bond donors (Lipinski definition) is 2. The Morgan fingerprint density at radius 3 is 2.85 bits per heavy atom. The molecule has 0 saturated carbocycles. The van der Waals surface area contributed by atoms with E-state index in [0.717, 1.165) is 64.2 Å². The number of nitrogens with one attached hydrogen (secondary N) is 2. The summed E-state index contributed by atoms with van der Waals surface area (Å²) in [5.74, 6) is 1.74. The van der Waals surface area contributed by atoms with Gasteiger partial charge in [0.1, 0.15) is 0 Å². The summed E-state index contributed by atoms with van der Waals surface area (Å²) in [6.07, 6.45) is 6.30. The topological polar surface area (TPSA) is 58.1 Å². The molecule has 0 bridgehead atoms. The average Bonchev–Trinajstić information content (AvgIpc) is 3.15. The molecule has 0 spiro atoms. The minimum absolute atomic E-state index is 0. The van der Waals surface area contributed by atoms with Crippen LogP contribution >= 0.6 is 24.0 Å². The Hall–Kier alpha value is -0.120. The Morgan fingerprint density at radius 2 is 2.15 bits per heavy atom. The second kappa shape index (κ2) is 14.8. The molecule has 0 aromatic heterocycles. The lowest BCUT2D eigenvalue weighted by Gasteiger charge is -2.35. The van der Waals surface area contributed by atoms with Gasteiger partial charge in [-0.15, -0.1) is 24.0 Å². The van der Waals surface area contributed by atoms with Gasteiger partial charge in [-0.25, -0.2) is 0 Å². The van der Waals surface area contributed by atoms with Crippen molar-refractivity contribution in [2.45, 2.75) is 65.0 Å². The van der Waals surface area contributed by atoms with Gasteiger partial charge < -0.3 is 20.1 Å². The monoisotopic (exact) mass is 496 g/mol. The van der Waals surface area contributed by atoms with E-state index in [1.54, 1.807) is 0 Å². The fourth-order valence-electron chi connectivity index (χ4n) is 3.68. The number of likely N-dealkylation sites (tertiary alicyclic amines) is 1. The summed E-state index contributed by atoms with van der Waals surface area (Å²) in [7, 11) is 0. The largest absolute Gasteiger partial charge is 0.379 e. The van der Waals surface area contributed by atoms with Gasteiger partial charge in [0, 0.05) is 38.9 Å². The summed E-state index contributed by atoms with van der Waals surface area (Å²) in [5, 5.41) is 6.77. The van der Waals surface area contributed by atoms with Gasteiger partial charge in [0.2, 0.25) is 0 Å². The first kappa shape index (κ1) is 24.9. The zero-order valence-corrected chi connectivity index (χ0v) is 19.9. The normalized spacial score (nSPS) is 25.1. The van der Waals surface area contributed by atoms with Crippen molar-refractivity contribution in [1.82, 2.24) is 15.5 Å². The van der Waals surface area contributed by atoms with Gasteiger partial charge in [-0.1, -0.05) is 6.92 Å². The van der Waals surface area contributed by atoms with E-state index >= 15 is 0 Å². The van der Waals surface area contributed by atoms with E-state index in [4.69, 9.17) is 14.5 Å². The number of nitrogens with zero attached hydrogens (tertiary/aromatic N) is 2. The molecule has 2 aliphatic rings. The molecule has 2 rings (SSSR count). The van der Waals surface area contributed by atoms with Gasteiger partial charge in [0.05, 0.1) is 19.3 Å². The third kappa shape index (κ3) is 10.3. The molecule has 2 saturated heterocycles. The molecule has 0 aromatic carbocycles. The Bertz CT molecular complexity index is 405. The summed E-state index contributed by atoms with van der Waals surface area (Å²) < 4.78 is 11.3. The Kier molecular flexibility index (Phi) is 13.7. The molecule has 6 nitrogen and oxygen atoms in total. The third-order valence-corrected chi connectivity index (χ3v) is 5.26. The highest BCUT2D eigenvalue weighted by atomic mass is 127. The maximum absolute atomic E-state index is 5.71. The smallest absolute Gasteiger partial charge is 0.191 e. The number of hydrogen-bond acceptors (Lipinski definition) is 4. The maximum atomic E-state index is 5.71. The minimum atomic E-state index is 0. The molecule has 0 aromatic rings. The number of piperidine rings is 1. The highest BCUT2D eigenvalue weighted by Crippen LogP contribution is 2.17. The van der Waals surface area contributed by atoms with E-state index in [1.165, 1.54) is 32.4 Å².